The molecule has 0 amide bonds. The summed E-state index contributed by atoms with van der Waals surface area (Å²) in [5.74, 6) is 0. The molecule has 0 rings (SSSR count). The number of ether oxygens (including phenoxy) is 36. The van der Waals surface area contributed by atoms with E-state index < -0.39 is 0 Å². The monoisotopic (exact) mass is 1770 g/mol. The van der Waals surface area contributed by atoms with Crippen LogP contribution in [0.3, 0.4) is 0 Å². The zero-order valence-corrected chi connectivity index (χ0v) is 74.8. The lowest BCUT2D eigenvalue weighted by Gasteiger charge is -2.09. The zero-order valence-electron chi connectivity index (χ0n) is 74.8. The van der Waals surface area contributed by atoms with Crippen molar-refractivity contribution in [3.8, 4) is 0 Å². The van der Waals surface area contributed by atoms with E-state index in [4.69, 9.17) is 176 Å². The Morgan fingerprint density at radius 1 is 0.0909 bits per heavy atom. The van der Waals surface area contributed by atoms with Gasteiger partial charge in [0.2, 0.25) is 0 Å². The SMILES string of the molecule is CCCCCCCCCCCCOCCOCCOCCOCCOCCOCCOCCOCCOCCOCCOCCOCCOCCOCCOCCOCCOCCOCCOCCOCCOCCOCCOCCOCCOCCOCCOCCOCCOCCOCCOCCOCCOCCOCCOCCOCCO. The van der Waals surface area contributed by atoms with E-state index in [2.05, 4.69) is 6.92 Å². The number of unbranched alkanes of at least 4 members (excludes halogenated alkanes) is 9. The minimum atomic E-state index is 0.0155. The number of aliphatic hydroxyl groups is 1. The number of rotatable bonds is 118. The van der Waals surface area contributed by atoms with Crippen molar-refractivity contribution in [1.29, 1.82) is 0 Å². The number of hydrogen-bond acceptors (Lipinski definition) is 37. The van der Waals surface area contributed by atoms with Crippen LogP contribution < -0.4 is 0 Å². The number of aliphatic hydroxyl groups excluding tert-OH is 1. The van der Waals surface area contributed by atoms with E-state index in [-0.39, 0.29) is 6.61 Å². The second-order valence-corrected chi connectivity index (χ2v) is 26.0. The average Bonchev–Trinajstić information content (AvgIpc) is 2.28. The Morgan fingerprint density at radius 3 is 0.256 bits per heavy atom. The van der Waals surface area contributed by atoms with Crippen LogP contribution in [-0.2, 0) is 171 Å². The maximum Gasteiger partial charge on any atom is 0.0701 e. The van der Waals surface area contributed by atoms with Gasteiger partial charge in [-0.15, -0.1) is 0 Å². The van der Waals surface area contributed by atoms with Crippen molar-refractivity contribution in [3.05, 3.63) is 0 Å². The van der Waals surface area contributed by atoms with Crippen LogP contribution in [0.5, 0.6) is 0 Å². The van der Waals surface area contributed by atoms with Crippen LogP contribution in [0.25, 0.3) is 0 Å². The van der Waals surface area contributed by atoms with Crippen molar-refractivity contribution in [2.75, 3.05) is 482 Å². The van der Waals surface area contributed by atoms with Crippen molar-refractivity contribution in [1.82, 2.24) is 0 Å². The van der Waals surface area contributed by atoms with Gasteiger partial charge in [-0.25, -0.2) is 0 Å². The predicted molar refractivity (Wildman–Crippen MR) is 448 cm³/mol. The largest absolute Gasteiger partial charge is 0.394 e. The van der Waals surface area contributed by atoms with Crippen LogP contribution >= 0.6 is 0 Å². The quantitative estimate of drug-likeness (QED) is 0.0819. The van der Waals surface area contributed by atoms with Crippen LogP contribution in [-0.4, -0.2) is 487 Å². The van der Waals surface area contributed by atoms with E-state index in [9.17, 15) is 0 Å². The third-order valence-corrected chi connectivity index (χ3v) is 15.9. The molecule has 0 aromatic heterocycles. The first-order valence-electron chi connectivity index (χ1n) is 44.8. The summed E-state index contributed by atoms with van der Waals surface area (Å²) in [7, 11) is 0. The summed E-state index contributed by atoms with van der Waals surface area (Å²) in [5, 5.41) is 8.63. The molecule has 0 fully saturated rings. The van der Waals surface area contributed by atoms with Crippen LogP contribution in [0.2, 0.25) is 0 Å². The fraction of sp³-hybridized carbons (Fsp3) is 1.00. The molecule has 121 heavy (non-hydrogen) atoms. The highest BCUT2D eigenvalue weighted by atomic mass is 16.6. The van der Waals surface area contributed by atoms with Crippen LogP contribution in [0.4, 0.5) is 0 Å². The molecular weight excluding hydrogens is 1600 g/mol. The van der Waals surface area contributed by atoms with Crippen LogP contribution in [0.1, 0.15) is 71.1 Å². The van der Waals surface area contributed by atoms with E-state index in [0.29, 0.717) is 469 Å². The average molecular weight is 1770 g/mol. The Labute approximate surface area is 726 Å². The summed E-state index contributed by atoms with van der Waals surface area (Å²) in [6, 6.07) is 0. The van der Waals surface area contributed by atoms with Crippen LogP contribution in [0.15, 0.2) is 0 Å². The lowest BCUT2D eigenvalue weighted by Crippen LogP contribution is -2.16. The Bertz CT molecular complexity index is 1560. The molecule has 0 aliphatic heterocycles. The zero-order chi connectivity index (χ0) is 86.1. The molecule has 0 aromatic rings. The van der Waals surface area contributed by atoms with Gasteiger partial charge in [0.05, 0.1) is 476 Å². The molecule has 0 unspecified atom stereocenters. The van der Waals surface area contributed by atoms with E-state index in [0.717, 1.165) is 13.0 Å². The smallest absolute Gasteiger partial charge is 0.0701 e. The molecule has 0 spiro atoms. The molecule has 728 valence electrons. The van der Waals surface area contributed by atoms with Crippen LogP contribution in [0, 0.1) is 0 Å². The van der Waals surface area contributed by atoms with Gasteiger partial charge in [0.1, 0.15) is 0 Å². The minimum absolute atomic E-state index is 0.0155. The van der Waals surface area contributed by atoms with E-state index >= 15 is 0 Å². The van der Waals surface area contributed by atoms with Gasteiger partial charge in [0.25, 0.3) is 0 Å². The lowest BCUT2D eigenvalue weighted by atomic mass is 10.1. The summed E-state index contributed by atoms with van der Waals surface area (Å²) in [6.07, 6.45) is 13.3. The third-order valence-electron chi connectivity index (χ3n) is 15.9. The molecule has 0 bridgehead atoms. The first-order valence-corrected chi connectivity index (χ1v) is 44.8. The molecule has 37 heteroatoms. The fourth-order valence-electron chi connectivity index (χ4n) is 9.56. The van der Waals surface area contributed by atoms with Gasteiger partial charge in [0.15, 0.2) is 0 Å². The van der Waals surface area contributed by atoms with Gasteiger partial charge in [-0.1, -0.05) is 64.7 Å². The summed E-state index contributed by atoms with van der Waals surface area (Å²) >= 11 is 0. The van der Waals surface area contributed by atoms with Crippen molar-refractivity contribution in [2.45, 2.75) is 71.1 Å². The molecule has 0 saturated heterocycles. The Morgan fingerprint density at radius 2 is 0.165 bits per heavy atom. The van der Waals surface area contributed by atoms with Gasteiger partial charge < -0.3 is 176 Å². The normalized spacial score (nSPS) is 11.9. The summed E-state index contributed by atoms with van der Waals surface area (Å²) < 4.78 is 199. The molecule has 0 aromatic carbocycles. The van der Waals surface area contributed by atoms with Crippen molar-refractivity contribution in [3.63, 3.8) is 0 Å². The Balaban J connectivity index is 3.10. The molecule has 1 N–H and O–H groups in total. The fourth-order valence-corrected chi connectivity index (χ4v) is 9.56. The minimum Gasteiger partial charge on any atom is -0.394 e. The highest BCUT2D eigenvalue weighted by Crippen LogP contribution is 2.11. The van der Waals surface area contributed by atoms with Gasteiger partial charge in [-0.05, 0) is 6.42 Å². The molecule has 0 aliphatic carbocycles. The van der Waals surface area contributed by atoms with E-state index in [1.165, 1.54) is 57.8 Å². The summed E-state index contributed by atoms with van der Waals surface area (Å²) in [5.41, 5.74) is 0. The lowest BCUT2D eigenvalue weighted by molar-refractivity contribution is -0.0327. The number of hydrogen-bond donors (Lipinski definition) is 1. The maximum absolute atomic E-state index is 8.63. The topological polar surface area (TPSA) is 353 Å². The van der Waals surface area contributed by atoms with Crippen molar-refractivity contribution < 1.29 is 176 Å². The predicted octanol–water partition coefficient (Wildman–Crippen LogP) is 4.50. The summed E-state index contributed by atoms with van der Waals surface area (Å²) in [4.78, 5) is 0. The van der Waals surface area contributed by atoms with E-state index in [1.807, 2.05) is 0 Å². The Kier molecular flexibility index (Phi) is 117. The molecule has 0 saturated carbocycles. The molecule has 37 nitrogen and oxygen atoms in total. The first-order chi connectivity index (χ1) is 60.4. The first kappa shape index (κ1) is 120. The third kappa shape index (κ3) is 119. The maximum atomic E-state index is 8.63. The highest BCUT2D eigenvalue weighted by Gasteiger charge is 2.05. The molecule has 0 aliphatic rings. The second-order valence-electron chi connectivity index (χ2n) is 26.0. The van der Waals surface area contributed by atoms with Crippen molar-refractivity contribution in [2.24, 2.45) is 0 Å². The van der Waals surface area contributed by atoms with Gasteiger partial charge in [-0.2, -0.15) is 0 Å². The second kappa shape index (κ2) is 119. The van der Waals surface area contributed by atoms with Crippen molar-refractivity contribution >= 4 is 0 Å². The van der Waals surface area contributed by atoms with Gasteiger partial charge in [-0.3, -0.25) is 0 Å². The standard InChI is InChI=1S/C84H170O37/c1-2-3-4-5-6-7-8-9-10-11-13-86-15-17-88-19-21-90-23-25-92-27-29-94-31-33-96-35-37-98-39-41-100-43-45-102-47-49-104-51-53-106-55-57-108-59-61-110-63-65-112-67-69-114-71-73-116-75-77-118-79-81-120-83-84-121-82-80-119-78-76-117-74-72-115-70-68-113-66-64-111-62-60-109-58-56-107-54-52-105-50-48-103-46-44-101-42-40-99-38-36-97-34-32-95-30-28-93-26-24-91-22-20-89-18-16-87-14-12-85/h85H,2-84H2,1H3. The Hall–Kier alpha value is -1.48. The molecule has 0 radical (unpaired) electrons. The molecule has 0 atom stereocenters. The van der Waals surface area contributed by atoms with Gasteiger partial charge in [0, 0.05) is 6.61 Å². The summed E-state index contributed by atoms with van der Waals surface area (Å²) in [6.45, 7) is 37.7. The van der Waals surface area contributed by atoms with E-state index in [1.54, 1.807) is 0 Å². The highest BCUT2D eigenvalue weighted by molar-refractivity contribution is 4.50. The molecular formula is C84H170O37. The van der Waals surface area contributed by atoms with Gasteiger partial charge >= 0.3 is 0 Å². The molecule has 0 heterocycles.